The molecule has 1 heterocycles. The molecule has 4 nitrogen and oxygen atoms in total. The first-order valence-corrected chi connectivity index (χ1v) is 6.70. The lowest BCUT2D eigenvalue weighted by Crippen LogP contribution is -2.43. The SMILES string of the molecule is COC(=O)[C@H]1CCCN(C(=O)Cc2cccc(F)c2)C1. The summed E-state index contributed by atoms with van der Waals surface area (Å²) in [6.07, 6.45) is 1.69. The van der Waals surface area contributed by atoms with Crippen molar-refractivity contribution in [3.05, 3.63) is 35.6 Å². The molecule has 20 heavy (non-hydrogen) atoms. The maximum absolute atomic E-state index is 13.1. The average Bonchev–Trinajstić information content (AvgIpc) is 2.46. The third kappa shape index (κ3) is 3.56. The van der Waals surface area contributed by atoms with Crippen molar-refractivity contribution >= 4 is 11.9 Å². The van der Waals surface area contributed by atoms with Crippen LogP contribution in [0.4, 0.5) is 4.39 Å². The van der Waals surface area contributed by atoms with Crippen molar-refractivity contribution in [1.29, 1.82) is 0 Å². The van der Waals surface area contributed by atoms with Crippen LogP contribution < -0.4 is 0 Å². The van der Waals surface area contributed by atoms with E-state index in [1.54, 1.807) is 17.0 Å². The molecular formula is C15H18FNO3. The van der Waals surface area contributed by atoms with Gasteiger partial charge >= 0.3 is 5.97 Å². The largest absolute Gasteiger partial charge is 0.469 e. The number of ether oxygens (including phenoxy) is 1. The molecule has 5 heteroatoms. The van der Waals surface area contributed by atoms with Crippen molar-refractivity contribution in [2.75, 3.05) is 20.2 Å². The highest BCUT2D eigenvalue weighted by Crippen LogP contribution is 2.18. The number of carbonyl (C=O) groups excluding carboxylic acids is 2. The minimum atomic E-state index is -0.346. The number of hydrogen-bond acceptors (Lipinski definition) is 3. The summed E-state index contributed by atoms with van der Waals surface area (Å²) in [4.78, 5) is 25.4. The molecule has 1 aliphatic rings. The van der Waals surface area contributed by atoms with Gasteiger partial charge in [0.05, 0.1) is 19.4 Å². The van der Waals surface area contributed by atoms with E-state index in [4.69, 9.17) is 4.74 Å². The van der Waals surface area contributed by atoms with Gasteiger partial charge in [0, 0.05) is 13.1 Å². The summed E-state index contributed by atoms with van der Waals surface area (Å²) in [5.41, 5.74) is 0.648. The van der Waals surface area contributed by atoms with Gasteiger partial charge in [-0.25, -0.2) is 4.39 Å². The van der Waals surface area contributed by atoms with Crippen LogP contribution in [0.1, 0.15) is 18.4 Å². The van der Waals surface area contributed by atoms with Gasteiger partial charge in [-0.2, -0.15) is 0 Å². The number of amides is 1. The number of carbonyl (C=O) groups is 2. The Morgan fingerprint density at radius 1 is 1.45 bits per heavy atom. The Morgan fingerprint density at radius 3 is 2.95 bits per heavy atom. The van der Waals surface area contributed by atoms with E-state index in [1.807, 2.05) is 0 Å². The van der Waals surface area contributed by atoms with E-state index >= 15 is 0 Å². The molecule has 0 aromatic heterocycles. The van der Waals surface area contributed by atoms with Gasteiger partial charge in [0.15, 0.2) is 0 Å². The van der Waals surface area contributed by atoms with Gasteiger partial charge in [0.25, 0.3) is 0 Å². The van der Waals surface area contributed by atoms with Gasteiger partial charge in [-0.15, -0.1) is 0 Å². The number of nitrogens with zero attached hydrogens (tertiary/aromatic N) is 1. The zero-order valence-corrected chi connectivity index (χ0v) is 11.5. The van der Waals surface area contributed by atoms with E-state index in [1.165, 1.54) is 19.2 Å². The predicted molar refractivity (Wildman–Crippen MR) is 71.4 cm³/mol. The standard InChI is InChI=1S/C15H18FNO3/c1-20-15(19)12-5-3-7-17(10-12)14(18)9-11-4-2-6-13(16)8-11/h2,4,6,8,12H,3,5,7,9-10H2,1H3/t12-/m0/s1. The third-order valence-electron chi connectivity index (χ3n) is 3.55. The highest BCUT2D eigenvalue weighted by atomic mass is 19.1. The molecule has 0 spiro atoms. The molecule has 0 aliphatic carbocycles. The Kier molecular flexibility index (Phi) is 4.71. The Labute approximate surface area is 117 Å². The van der Waals surface area contributed by atoms with E-state index in [0.717, 1.165) is 12.8 Å². The second-order valence-electron chi connectivity index (χ2n) is 5.01. The number of rotatable bonds is 3. The van der Waals surface area contributed by atoms with Crippen LogP contribution in [0.3, 0.4) is 0 Å². The van der Waals surface area contributed by atoms with Gasteiger partial charge in [0.2, 0.25) is 5.91 Å². The van der Waals surface area contributed by atoms with Crippen molar-refractivity contribution in [1.82, 2.24) is 4.90 Å². The average molecular weight is 279 g/mol. The van der Waals surface area contributed by atoms with Gasteiger partial charge in [-0.3, -0.25) is 9.59 Å². The monoisotopic (exact) mass is 279 g/mol. The number of esters is 1. The summed E-state index contributed by atoms with van der Waals surface area (Å²) in [6.45, 7) is 1.03. The number of piperidine rings is 1. The van der Waals surface area contributed by atoms with E-state index < -0.39 is 0 Å². The fraction of sp³-hybridized carbons (Fsp3) is 0.467. The van der Waals surface area contributed by atoms with E-state index in [-0.39, 0.29) is 30.0 Å². The fourth-order valence-electron chi connectivity index (χ4n) is 2.50. The maximum atomic E-state index is 13.1. The molecule has 0 radical (unpaired) electrons. The lowest BCUT2D eigenvalue weighted by Gasteiger charge is -2.31. The first kappa shape index (κ1) is 14.5. The molecule has 0 bridgehead atoms. The Hall–Kier alpha value is -1.91. The van der Waals surface area contributed by atoms with Crippen LogP contribution in [0.5, 0.6) is 0 Å². The summed E-state index contributed by atoms with van der Waals surface area (Å²) in [5.74, 6) is -0.941. The predicted octanol–water partition coefficient (Wildman–Crippen LogP) is 1.78. The van der Waals surface area contributed by atoms with Gasteiger partial charge in [-0.1, -0.05) is 12.1 Å². The topological polar surface area (TPSA) is 46.6 Å². The second-order valence-corrected chi connectivity index (χ2v) is 5.01. The van der Waals surface area contributed by atoms with Gasteiger partial charge < -0.3 is 9.64 Å². The molecule has 1 aromatic carbocycles. The van der Waals surface area contributed by atoms with Crippen molar-refractivity contribution < 1.29 is 18.7 Å². The molecule has 1 amide bonds. The van der Waals surface area contributed by atoms with Gasteiger partial charge in [-0.05, 0) is 30.5 Å². The zero-order chi connectivity index (χ0) is 14.5. The quantitative estimate of drug-likeness (QED) is 0.792. The number of likely N-dealkylation sites (tertiary alicyclic amines) is 1. The summed E-state index contributed by atoms with van der Waals surface area (Å²) >= 11 is 0. The second kappa shape index (κ2) is 6.50. The Morgan fingerprint density at radius 2 is 2.25 bits per heavy atom. The summed E-state index contributed by atoms with van der Waals surface area (Å²) in [5, 5.41) is 0. The molecule has 1 saturated heterocycles. The highest BCUT2D eigenvalue weighted by Gasteiger charge is 2.28. The maximum Gasteiger partial charge on any atom is 0.310 e. The Bertz CT molecular complexity index is 504. The molecule has 1 fully saturated rings. The molecule has 1 aromatic rings. The number of hydrogen-bond donors (Lipinski definition) is 0. The molecule has 1 aliphatic heterocycles. The highest BCUT2D eigenvalue weighted by molar-refractivity contribution is 5.80. The molecular weight excluding hydrogens is 261 g/mol. The van der Waals surface area contributed by atoms with Crippen LogP contribution in [0.15, 0.2) is 24.3 Å². The lowest BCUT2D eigenvalue weighted by atomic mass is 9.97. The van der Waals surface area contributed by atoms with Crippen LogP contribution in [0, 0.1) is 11.7 Å². The number of benzene rings is 1. The number of halogens is 1. The van der Waals surface area contributed by atoms with Crippen molar-refractivity contribution in [2.24, 2.45) is 5.92 Å². The van der Waals surface area contributed by atoms with Crippen LogP contribution in [-0.2, 0) is 20.7 Å². The molecule has 108 valence electrons. The van der Waals surface area contributed by atoms with Crippen LogP contribution in [0.25, 0.3) is 0 Å². The number of methoxy groups -OCH3 is 1. The first-order chi connectivity index (χ1) is 9.60. The smallest absolute Gasteiger partial charge is 0.310 e. The molecule has 0 unspecified atom stereocenters. The van der Waals surface area contributed by atoms with E-state index in [9.17, 15) is 14.0 Å². The third-order valence-corrected chi connectivity index (χ3v) is 3.55. The zero-order valence-electron chi connectivity index (χ0n) is 11.5. The molecule has 0 N–H and O–H groups in total. The van der Waals surface area contributed by atoms with Gasteiger partial charge in [0.1, 0.15) is 5.82 Å². The fourth-order valence-corrected chi connectivity index (χ4v) is 2.50. The van der Waals surface area contributed by atoms with Crippen molar-refractivity contribution in [3.8, 4) is 0 Å². The lowest BCUT2D eigenvalue weighted by molar-refractivity contribution is -0.148. The van der Waals surface area contributed by atoms with E-state index in [0.29, 0.717) is 18.7 Å². The molecule has 0 saturated carbocycles. The Balaban J connectivity index is 1.97. The first-order valence-electron chi connectivity index (χ1n) is 6.70. The molecule has 1 atom stereocenters. The summed E-state index contributed by atoms with van der Waals surface area (Å²) in [6, 6.07) is 6.02. The molecule has 2 rings (SSSR count). The van der Waals surface area contributed by atoms with Crippen molar-refractivity contribution in [3.63, 3.8) is 0 Å². The van der Waals surface area contributed by atoms with Crippen molar-refractivity contribution in [2.45, 2.75) is 19.3 Å². The van der Waals surface area contributed by atoms with Crippen LogP contribution >= 0.6 is 0 Å². The van der Waals surface area contributed by atoms with E-state index in [2.05, 4.69) is 0 Å². The van der Waals surface area contributed by atoms with Crippen LogP contribution in [-0.4, -0.2) is 37.0 Å². The normalized spacial score (nSPS) is 18.7. The summed E-state index contributed by atoms with van der Waals surface area (Å²) < 4.78 is 17.8. The minimum absolute atomic E-state index is 0.0794. The minimum Gasteiger partial charge on any atom is -0.469 e. The summed E-state index contributed by atoms with van der Waals surface area (Å²) in [7, 11) is 1.36. The van der Waals surface area contributed by atoms with Crippen LogP contribution in [0.2, 0.25) is 0 Å².